The highest BCUT2D eigenvalue weighted by Gasteiger charge is 2.23. The first-order valence-corrected chi connectivity index (χ1v) is 8.56. The Hall–Kier alpha value is -0.160. The van der Waals surface area contributed by atoms with Crippen molar-refractivity contribution in [3.8, 4) is 0 Å². The van der Waals surface area contributed by atoms with Crippen LogP contribution < -0.4 is 5.32 Å². The Kier molecular flexibility index (Phi) is 4.64. The van der Waals surface area contributed by atoms with E-state index < -0.39 is 0 Å². The third-order valence-corrected chi connectivity index (χ3v) is 6.37. The van der Waals surface area contributed by atoms with E-state index in [0.717, 1.165) is 6.54 Å². The minimum atomic E-state index is 0.187. The summed E-state index contributed by atoms with van der Waals surface area (Å²) < 4.78 is 1.21. The van der Waals surface area contributed by atoms with E-state index in [2.05, 4.69) is 71.0 Å². The second kappa shape index (κ2) is 5.87. The van der Waals surface area contributed by atoms with Gasteiger partial charge < -0.3 is 5.32 Å². The van der Waals surface area contributed by atoms with E-state index in [1.165, 1.54) is 14.2 Å². The summed E-state index contributed by atoms with van der Waals surface area (Å²) in [6, 6.07) is 6.85. The van der Waals surface area contributed by atoms with E-state index >= 15 is 0 Å². The van der Waals surface area contributed by atoms with Crippen LogP contribution in [0.5, 0.6) is 0 Å². The van der Waals surface area contributed by atoms with Crippen molar-refractivity contribution in [2.75, 3.05) is 6.54 Å². The first kappa shape index (κ1) is 14.3. The lowest BCUT2D eigenvalue weighted by Crippen LogP contribution is -2.33. The number of nitrogens with one attached hydrogen (secondary N) is 1. The fourth-order valence-electron chi connectivity index (χ4n) is 1.87. The molecule has 2 aromatic rings. The van der Waals surface area contributed by atoms with Gasteiger partial charge in [-0.25, -0.2) is 0 Å². The predicted octanol–water partition coefficient (Wildman–Crippen LogP) is 5.20. The van der Waals surface area contributed by atoms with Gasteiger partial charge in [0.15, 0.2) is 0 Å². The van der Waals surface area contributed by atoms with Crippen LogP contribution in [0.2, 0.25) is 0 Å². The molecule has 0 spiro atoms. The number of hydrogen-bond donors (Lipinski definition) is 1. The fraction of sp³-hybridized carbons (Fsp3) is 0.429. The van der Waals surface area contributed by atoms with Gasteiger partial charge in [0, 0.05) is 32.2 Å². The van der Waals surface area contributed by atoms with Crippen LogP contribution >= 0.6 is 38.6 Å². The Morgan fingerprint density at radius 1 is 1.28 bits per heavy atom. The molecule has 0 fully saturated rings. The van der Waals surface area contributed by atoms with Gasteiger partial charge in [-0.3, -0.25) is 0 Å². The third kappa shape index (κ3) is 3.23. The molecule has 0 aliphatic carbocycles. The molecule has 0 saturated carbocycles. The van der Waals surface area contributed by atoms with Crippen molar-refractivity contribution >= 4 is 38.6 Å². The lowest BCUT2D eigenvalue weighted by atomic mass is 9.91. The minimum Gasteiger partial charge on any atom is -0.309 e. The van der Waals surface area contributed by atoms with Crippen molar-refractivity contribution in [3.63, 3.8) is 0 Å². The van der Waals surface area contributed by atoms with Crippen LogP contribution in [0.25, 0.3) is 0 Å². The molecule has 0 radical (unpaired) electrons. The van der Waals surface area contributed by atoms with E-state index in [1.54, 1.807) is 11.3 Å². The van der Waals surface area contributed by atoms with Crippen LogP contribution in [0.15, 0.2) is 33.4 Å². The zero-order chi connectivity index (χ0) is 13.2. The van der Waals surface area contributed by atoms with Crippen molar-refractivity contribution in [1.29, 1.82) is 0 Å². The van der Waals surface area contributed by atoms with Gasteiger partial charge in [-0.2, -0.15) is 0 Å². The quantitative estimate of drug-likeness (QED) is 0.786. The standard InChI is InChI=1S/C14H18BrNS2/c1-10(13-11(15)6-8-18-13)16-9-14(2,3)12-5-4-7-17-12/h4-8,10,16H,9H2,1-3H3. The monoisotopic (exact) mass is 343 g/mol. The average Bonchev–Trinajstić information content (AvgIpc) is 2.96. The first-order valence-electron chi connectivity index (χ1n) is 6.01. The molecule has 2 aromatic heterocycles. The Balaban J connectivity index is 1.98. The Morgan fingerprint density at radius 3 is 2.61 bits per heavy atom. The summed E-state index contributed by atoms with van der Waals surface area (Å²) in [6.07, 6.45) is 0. The maximum Gasteiger partial charge on any atom is 0.0397 e. The fourth-order valence-corrected chi connectivity index (χ4v) is 4.47. The van der Waals surface area contributed by atoms with Crippen LogP contribution in [0, 0.1) is 0 Å². The van der Waals surface area contributed by atoms with Crippen LogP contribution in [0.3, 0.4) is 0 Å². The Morgan fingerprint density at radius 2 is 2.06 bits per heavy atom. The summed E-state index contributed by atoms with van der Waals surface area (Å²) in [7, 11) is 0. The number of halogens is 1. The van der Waals surface area contributed by atoms with Gasteiger partial charge in [-0.1, -0.05) is 19.9 Å². The van der Waals surface area contributed by atoms with E-state index in [1.807, 2.05) is 11.3 Å². The van der Waals surface area contributed by atoms with E-state index in [-0.39, 0.29) is 5.41 Å². The molecule has 0 aliphatic rings. The summed E-state index contributed by atoms with van der Waals surface area (Å²) in [5, 5.41) is 7.92. The lowest BCUT2D eigenvalue weighted by molar-refractivity contribution is 0.443. The van der Waals surface area contributed by atoms with Gasteiger partial charge >= 0.3 is 0 Å². The van der Waals surface area contributed by atoms with Crippen LogP contribution in [-0.2, 0) is 5.41 Å². The highest BCUT2D eigenvalue weighted by molar-refractivity contribution is 9.10. The SMILES string of the molecule is CC(NCC(C)(C)c1cccs1)c1sccc1Br. The molecule has 1 nitrogen and oxygen atoms in total. The van der Waals surface area contributed by atoms with Crippen LogP contribution in [0.4, 0.5) is 0 Å². The van der Waals surface area contributed by atoms with E-state index in [9.17, 15) is 0 Å². The van der Waals surface area contributed by atoms with Gasteiger partial charge in [0.05, 0.1) is 0 Å². The average molecular weight is 344 g/mol. The number of hydrogen-bond acceptors (Lipinski definition) is 3. The molecule has 0 amide bonds. The number of thiophene rings is 2. The molecule has 4 heteroatoms. The van der Waals surface area contributed by atoms with Gasteiger partial charge in [-0.05, 0) is 45.7 Å². The molecule has 1 atom stereocenters. The summed E-state index contributed by atoms with van der Waals surface area (Å²) in [5.41, 5.74) is 0.187. The predicted molar refractivity (Wildman–Crippen MR) is 85.8 cm³/mol. The van der Waals surface area contributed by atoms with Crippen molar-refractivity contribution < 1.29 is 0 Å². The first-order chi connectivity index (χ1) is 8.50. The van der Waals surface area contributed by atoms with Crippen molar-refractivity contribution in [3.05, 3.63) is 43.2 Å². The maximum atomic E-state index is 3.64. The second-order valence-electron chi connectivity index (χ2n) is 5.10. The summed E-state index contributed by atoms with van der Waals surface area (Å²) in [4.78, 5) is 2.81. The maximum absolute atomic E-state index is 3.64. The molecule has 0 bridgehead atoms. The molecule has 2 heterocycles. The van der Waals surface area contributed by atoms with Crippen molar-refractivity contribution in [2.45, 2.75) is 32.2 Å². The Bertz CT molecular complexity index is 488. The van der Waals surface area contributed by atoms with Gasteiger partial charge in [0.1, 0.15) is 0 Å². The minimum absolute atomic E-state index is 0.187. The highest BCUT2D eigenvalue weighted by Crippen LogP contribution is 2.31. The zero-order valence-electron chi connectivity index (χ0n) is 10.9. The van der Waals surface area contributed by atoms with Gasteiger partial charge in [0.25, 0.3) is 0 Å². The molecule has 0 saturated heterocycles. The van der Waals surface area contributed by atoms with E-state index in [4.69, 9.17) is 0 Å². The summed E-state index contributed by atoms with van der Waals surface area (Å²) in [5.74, 6) is 0. The van der Waals surface area contributed by atoms with Gasteiger partial charge in [-0.15, -0.1) is 22.7 Å². The number of rotatable bonds is 5. The highest BCUT2D eigenvalue weighted by atomic mass is 79.9. The molecular weight excluding hydrogens is 326 g/mol. The topological polar surface area (TPSA) is 12.0 Å². The second-order valence-corrected chi connectivity index (χ2v) is 7.85. The summed E-state index contributed by atoms with van der Waals surface area (Å²) >= 11 is 7.23. The smallest absolute Gasteiger partial charge is 0.0397 e. The van der Waals surface area contributed by atoms with Gasteiger partial charge in [0.2, 0.25) is 0 Å². The van der Waals surface area contributed by atoms with Crippen molar-refractivity contribution in [2.24, 2.45) is 0 Å². The largest absolute Gasteiger partial charge is 0.309 e. The molecule has 2 rings (SSSR count). The molecule has 0 aromatic carbocycles. The summed E-state index contributed by atoms with van der Waals surface area (Å²) in [6.45, 7) is 7.80. The van der Waals surface area contributed by atoms with Crippen molar-refractivity contribution in [1.82, 2.24) is 5.32 Å². The van der Waals surface area contributed by atoms with Crippen LogP contribution in [0.1, 0.15) is 36.6 Å². The molecule has 1 unspecified atom stereocenters. The molecule has 18 heavy (non-hydrogen) atoms. The zero-order valence-corrected chi connectivity index (χ0v) is 14.1. The molecule has 1 N–H and O–H groups in total. The Labute approximate surface area is 125 Å². The van der Waals surface area contributed by atoms with E-state index in [0.29, 0.717) is 6.04 Å². The normalized spacial score (nSPS) is 13.8. The molecular formula is C14H18BrNS2. The van der Waals surface area contributed by atoms with Crippen LogP contribution in [-0.4, -0.2) is 6.54 Å². The molecule has 0 aliphatic heterocycles. The lowest BCUT2D eigenvalue weighted by Gasteiger charge is -2.26. The molecule has 98 valence electrons. The third-order valence-electron chi connectivity index (χ3n) is 3.08.